The number of nitrogens with one attached hydrogen (secondary N) is 2. The normalized spacial score (nSPS) is 22.8. The predicted molar refractivity (Wildman–Crippen MR) is 107 cm³/mol. The summed E-state index contributed by atoms with van der Waals surface area (Å²) < 4.78 is 0. The van der Waals surface area contributed by atoms with E-state index in [1.165, 1.54) is 18.4 Å². The molecule has 0 spiro atoms. The van der Waals surface area contributed by atoms with Gasteiger partial charge in [-0.2, -0.15) is 0 Å². The van der Waals surface area contributed by atoms with Crippen LogP contribution in [0, 0.1) is 25.7 Å². The molecule has 2 atom stereocenters. The summed E-state index contributed by atoms with van der Waals surface area (Å²) in [6, 6.07) is 5.98. The van der Waals surface area contributed by atoms with Crippen LogP contribution in [0.3, 0.4) is 0 Å². The van der Waals surface area contributed by atoms with Crippen LogP contribution in [0.4, 0.5) is 5.69 Å². The van der Waals surface area contributed by atoms with Crippen molar-refractivity contribution in [2.24, 2.45) is 11.8 Å². The van der Waals surface area contributed by atoms with Crippen molar-refractivity contribution >= 4 is 29.9 Å². The molecule has 5 nitrogen and oxygen atoms in total. The third kappa shape index (κ3) is 4.77. The third-order valence-corrected chi connectivity index (χ3v) is 5.61. The molecule has 2 fully saturated rings. The van der Waals surface area contributed by atoms with Crippen LogP contribution < -0.4 is 15.5 Å². The lowest BCUT2D eigenvalue weighted by atomic mass is 9.96. The Kier molecular flexibility index (Phi) is 7.47. The monoisotopic (exact) mass is 379 g/mol. The SMILES string of the molecule is Cc1cccc(N2CC(C(=O)NCCC3CCCNC3)CC2=O)c1C.Cl. The first-order valence-electron chi connectivity index (χ1n) is 9.41. The Morgan fingerprint density at radius 1 is 1.35 bits per heavy atom. The molecule has 2 aliphatic rings. The number of nitrogens with zero attached hydrogens (tertiary/aromatic N) is 1. The average Bonchev–Trinajstić information content (AvgIpc) is 3.00. The first-order valence-corrected chi connectivity index (χ1v) is 9.41. The zero-order valence-electron chi connectivity index (χ0n) is 15.7. The van der Waals surface area contributed by atoms with Gasteiger partial charge in [-0.05, 0) is 69.3 Å². The lowest BCUT2D eigenvalue weighted by Gasteiger charge is -2.23. The molecular formula is C20H30ClN3O2. The van der Waals surface area contributed by atoms with E-state index in [1.807, 2.05) is 32.0 Å². The third-order valence-electron chi connectivity index (χ3n) is 5.61. The van der Waals surface area contributed by atoms with Gasteiger partial charge in [-0.3, -0.25) is 9.59 Å². The Morgan fingerprint density at radius 2 is 2.15 bits per heavy atom. The van der Waals surface area contributed by atoms with Gasteiger partial charge in [0.05, 0.1) is 5.92 Å². The number of halogens is 1. The number of piperidine rings is 1. The maximum absolute atomic E-state index is 12.5. The predicted octanol–water partition coefficient (Wildman–Crippen LogP) is 2.58. The van der Waals surface area contributed by atoms with Crippen molar-refractivity contribution in [3.05, 3.63) is 29.3 Å². The van der Waals surface area contributed by atoms with Crippen LogP contribution >= 0.6 is 12.4 Å². The van der Waals surface area contributed by atoms with E-state index in [-0.39, 0.29) is 30.1 Å². The van der Waals surface area contributed by atoms with E-state index >= 15 is 0 Å². The number of benzene rings is 1. The van der Waals surface area contributed by atoms with Crippen molar-refractivity contribution in [1.82, 2.24) is 10.6 Å². The van der Waals surface area contributed by atoms with Crippen LogP contribution in [0.5, 0.6) is 0 Å². The Bertz CT molecular complexity index is 644. The van der Waals surface area contributed by atoms with Gasteiger partial charge in [-0.15, -0.1) is 12.4 Å². The molecule has 2 N–H and O–H groups in total. The number of rotatable bonds is 5. The molecule has 0 aromatic heterocycles. The Morgan fingerprint density at radius 3 is 2.88 bits per heavy atom. The fourth-order valence-corrected chi connectivity index (χ4v) is 3.86. The van der Waals surface area contributed by atoms with Crippen molar-refractivity contribution in [2.75, 3.05) is 31.1 Å². The molecule has 2 saturated heterocycles. The van der Waals surface area contributed by atoms with Crippen LogP contribution in [-0.4, -0.2) is 38.0 Å². The highest BCUT2D eigenvalue weighted by Gasteiger charge is 2.35. The summed E-state index contributed by atoms with van der Waals surface area (Å²) >= 11 is 0. The Labute approximate surface area is 162 Å². The summed E-state index contributed by atoms with van der Waals surface area (Å²) in [4.78, 5) is 26.6. The summed E-state index contributed by atoms with van der Waals surface area (Å²) in [7, 11) is 0. The smallest absolute Gasteiger partial charge is 0.227 e. The topological polar surface area (TPSA) is 61.4 Å². The number of hydrogen-bond donors (Lipinski definition) is 2. The van der Waals surface area contributed by atoms with Gasteiger partial charge in [0, 0.05) is 25.2 Å². The molecule has 1 aromatic rings. The largest absolute Gasteiger partial charge is 0.356 e. The van der Waals surface area contributed by atoms with Gasteiger partial charge in [-0.25, -0.2) is 0 Å². The molecule has 6 heteroatoms. The number of anilines is 1. The van der Waals surface area contributed by atoms with E-state index in [0.717, 1.165) is 30.8 Å². The van der Waals surface area contributed by atoms with Gasteiger partial charge >= 0.3 is 0 Å². The van der Waals surface area contributed by atoms with E-state index in [9.17, 15) is 9.59 Å². The lowest BCUT2D eigenvalue weighted by molar-refractivity contribution is -0.126. The van der Waals surface area contributed by atoms with Crippen LogP contribution in [0.15, 0.2) is 18.2 Å². The number of aryl methyl sites for hydroxylation is 1. The second-order valence-electron chi connectivity index (χ2n) is 7.42. The van der Waals surface area contributed by atoms with Crippen LogP contribution in [0.1, 0.15) is 36.8 Å². The molecule has 0 bridgehead atoms. The summed E-state index contributed by atoms with van der Waals surface area (Å²) in [5.74, 6) is 0.484. The average molecular weight is 380 g/mol. The minimum absolute atomic E-state index is 0. The van der Waals surface area contributed by atoms with Crippen LogP contribution in [0.2, 0.25) is 0 Å². The molecule has 26 heavy (non-hydrogen) atoms. The van der Waals surface area contributed by atoms with Crippen LogP contribution in [0.25, 0.3) is 0 Å². The molecule has 2 heterocycles. The zero-order chi connectivity index (χ0) is 17.8. The van der Waals surface area contributed by atoms with E-state index < -0.39 is 0 Å². The molecule has 2 aliphatic heterocycles. The summed E-state index contributed by atoms with van der Waals surface area (Å²) in [6.45, 7) is 7.44. The van der Waals surface area contributed by atoms with E-state index in [0.29, 0.717) is 25.4 Å². The highest BCUT2D eigenvalue weighted by atomic mass is 35.5. The molecule has 0 aliphatic carbocycles. The molecule has 1 aromatic carbocycles. The standard InChI is InChI=1S/C20H29N3O2.ClH/c1-14-5-3-7-18(15(14)2)23-13-17(11-19(23)24)20(25)22-10-8-16-6-4-9-21-12-16;/h3,5,7,16-17,21H,4,6,8-13H2,1-2H3,(H,22,25);1H. The highest BCUT2D eigenvalue weighted by Crippen LogP contribution is 2.29. The minimum atomic E-state index is -0.239. The fourth-order valence-electron chi connectivity index (χ4n) is 3.86. The van der Waals surface area contributed by atoms with Crippen molar-refractivity contribution in [2.45, 2.75) is 39.5 Å². The maximum Gasteiger partial charge on any atom is 0.227 e. The number of hydrogen-bond acceptors (Lipinski definition) is 3. The second-order valence-corrected chi connectivity index (χ2v) is 7.42. The van der Waals surface area contributed by atoms with Gasteiger partial charge in [0.1, 0.15) is 0 Å². The van der Waals surface area contributed by atoms with Gasteiger partial charge in [0.15, 0.2) is 0 Å². The molecule has 2 amide bonds. The summed E-state index contributed by atoms with van der Waals surface area (Å²) in [5.41, 5.74) is 3.22. The summed E-state index contributed by atoms with van der Waals surface area (Å²) in [5, 5.41) is 6.45. The molecular weight excluding hydrogens is 350 g/mol. The van der Waals surface area contributed by atoms with Crippen LogP contribution in [-0.2, 0) is 9.59 Å². The fraction of sp³-hybridized carbons (Fsp3) is 0.600. The van der Waals surface area contributed by atoms with Crippen molar-refractivity contribution < 1.29 is 9.59 Å². The molecule has 0 radical (unpaired) electrons. The van der Waals surface area contributed by atoms with Gasteiger partial charge in [0.2, 0.25) is 11.8 Å². The van der Waals surface area contributed by atoms with E-state index in [1.54, 1.807) is 4.90 Å². The van der Waals surface area contributed by atoms with Gasteiger partial charge in [0.25, 0.3) is 0 Å². The van der Waals surface area contributed by atoms with E-state index in [4.69, 9.17) is 0 Å². The Balaban J connectivity index is 0.00000243. The highest BCUT2D eigenvalue weighted by molar-refractivity contribution is 6.00. The van der Waals surface area contributed by atoms with Crippen molar-refractivity contribution in [1.29, 1.82) is 0 Å². The van der Waals surface area contributed by atoms with E-state index in [2.05, 4.69) is 10.6 Å². The number of carbonyl (C=O) groups excluding carboxylic acids is 2. The molecule has 0 saturated carbocycles. The molecule has 2 unspecified atom stereocenters. The minimum Gasteiger partial charge on any atom is -0.356 e. The Hall–Kier alpha value is -1.59. The molecule has 144 valence electrons. The quantitative estimate of drug-likeness (QED) is 0.826. The molecule has 3 rings (SSSR count). The summed E-state index contributed by atoms with van der Waals surface area (Å²) in [6.07, 6.45) is 3.79. The second kappa shape index (κ2) is 9.38. The number of amides is 2. The van der Waals surface area contributed by atoms with Crippen molar-refractivity contribution in [3.8, 4) is 0 Å². The zero-order valence-corrected chi connectivity index (χ0v) is 16.5. The maximum atomic E-state index is 12.5. The van der Waals surface area contributed by atoms with Crippen molar-refractivity contribution in [3.63, 3.8) is 0 Å². The van der Waals surface area contributed by atoms with Gasteiger partial charge in [-0.1, -0.05) is 12.1 Å². The van der Waals surface area contributed by atoms with Gasteiger partial charge < -0.3 is 15.5 Å². The first kappa shape index (κ1) is 20.7. The lowest BCUT2D eigenvalue weighted by Crippen LogP contribution is -2.36. The first-order chi connectivity index (χ1) is 12.1. The number of carbonyl (C=O) groups is 2.